The highest BCUT2D eigenvalue weighted by Crippen LogP contribution is 2.23. The molecule has 1 aromatic heterocycles. The van der Waals surface area contributed by atoms with Crippen LogP contribution >= 0.6 is 0 Å². The van der Waals surface area contributed by atoms with Gasteiger partial charge < -0.3 is 19.8 Å². The van der Waals surface area contributed by atoms with Gasteiger partial charge in [0.25, 0.3) is 5.95 Å². The number of nitrogens with zero attached hydrogens (tertiary/aromatic N) is 3. The number of aromatic nitrogens is 2. The molecule has 0 spiro atoms. The highest BCUT2D eigenvalue weighted by Gasteiger charge is 2.28. The number of β-amino-alcohol motifs (C(OH)–C–C–N with tert-alkyl or cyclic N) is 1. The second-order valence-electron chi connectivity index (χ2n) is 3.96. The quantitative estimate of drug-likeness (QED) is 0.769. The Morgan fingerprint density at radius 1 is 1.50 bits per heavy atom. The molecule has 16 heavy (non-hydrogen) atoms. The van der Waals surface area contributed by atoms with Crippen molar-refractivity contribution >= 4 is 5.95 Å². The zero-order valence-electron chi connectivity index (χ0n) is 9.68. The fourth-order valence-electron chi connectivity index (χ4n) is 1.91. The van der Waals surface area contributed by atoms with Gasteiger partial charge in [0.15, 0.2) is 0 Å². The van der Waals surface area contributed by atoms with Crippen LogP contribution in [0, 0.1) is 0 Å². The first-order chi connectivity index (χ1) is 7.74. The van der Waals surface area contributed by atoms with Crippen molar-refractivity contribution in [2.24, 2.45) is 0 Å². The molecule has 0 aromatic carbocycles. The third kappa shape index (κ3) is 2.17. The lowest BCUT2D eigenvalue weighted by molar-refractivity contribution is 0.191. The highest BCUT2D eigenvalue weighted by atomic mass is 16.5. The summed E-state index contributed by atoms with van der Waals surface area (Å²) >= 11 is 0. The van der Waals surface area contributed by atoms with E-state index >= 15 is 0 Å². The Morgan fingerprint density at radius 2 is 2.25 bits per heavy atom. The van der Waals surface area contributed by atoms with E-state index in [1.54, 1.807) is 0 Å². The molecule has 0 bridgehead atoms. The van der Waals surface area contributed by atoms with Crippen LogP contribution in [0.1, 0.15) is 32.2 Å². The fraction of sp³-hybridized carbons (Fsp3) is 0.800. The van der Waals surface area contributed by atoms with E-state index in [-0.39, 0.29) is 12.1 Å². The predicted molar refractivity (Wildman–Crippen MR) is 59.2 cm³/mol. The van der Waals surface area contributed by atoms with Crippen molar-refractivity contribution < 1.29 is 9.63 Å². The number of hydrogen-bond donors (Lipinski definition) is 2. The Morgan fingerprint density at radius 3 is 2.81 bits per heavy atom. The maximum absolute atomic E-state index is 9.41. The van der Waals surface area contributed by atoms with Gasteiger partial charge >= 0.3 is 0 Å². The van der Waals surface area contributed by atoms with Crippen LogP contribution in [0.5, 0.6) is 0 Å². The molecule has 1 aliphatic rings. The highest BCUT2D eigenvalue weighted by molar-refractivity contribution is 5.27. The van der Waals surface area contributed by atoms with E-state index in [9.17, 15) is 5.11 Å². The first kappa shape index (κ1) is 11.3. The Kier molecular flexibility index (Phi) is 3.40. The normalized spacial score (nSPS) is 24.9. The van der Waals surface area contributed by atoms with E-state index in [1.165, 1.54) is 0 Å². The van der Waals surface area contributed by atoms with Gasteiger partial charge in [0, 0.05) is 19.6 Å². The second-order valence-corrected chi connectivity index (χ2v) is 3.96. The van der Waals surface area contributed by atoms with E-state index in [4.69, 9.17) is 4.52 Å². The van der Waals surface area contributed by atoms with E-state index in [0.29, 0.717) is 24.8 Å². The summed E-state index contributed by atoms with van der Waals surface area (Å²) in [4.78, 5) is 6.37. The monoisotopic (exact) mass is 226 g/mol. The van der Waals surface area contributed by atoms with Gasteiger partial charge in [-0.2, -0.15) is 4.98 Å². The second kappa shape index (κ2) is 4.80. The van der Waals surface area contributed by atoms with Crippen LogP contribution < -0.4 is 10.2 Å². The minimum atomic E-state index is -0.311. The third-order valence-electron chi connectivity index (χ3n) is 2.88. The summed E-state index contributed by atoms with van der Waals surface area (Å²) in [6.45, 7) is 6.41. The Hall–Kier alpha value is -1.14. The molecule has 0 radical (unpaired) electrons. The van der Waals surface area contributed by atoms with Crippen LogP contribution in [0.2, 0.25) is 0 Å². The lowest BCUT2D eigenvalue weighted by Crippen LogP contribution is -2.23. The average Bonchev–Trinajstić information content (AvgIpc) is 2.89. The van der Waals surface area contributed by atoms with Gasteiger partial charge in [-0.05, 0) is 25.4 Å². The minimum Gasteiger partial charge on any atom is -0.392 e. The van der Waals surface area contributed by atoms with E-state index in [1.807, 2.05) is 4.90 Å². The molecule has 6 nitrogen and oxygen atoms in total. The zero-order valence-corrected chi connectivity index (χ0v) is 9.68. The summed E-state index contributed by atoms with van der Waals surface area (Å²) in [5.74, 6) is 1.20. The van der Waals surface area contributed by atoms with Gasteiger partial charge in [-0.15, -0.1) is 0 Å². The van der Waals surface area contributed by atoms with Crippen molar-refractivity contribution in [3.8, 4) is 0 Å². The van der Waals surface area contributed by atoms with Crippen molar-refractivity contribution in [2.75, 3.05) is 24.5 Å². The van der Waals surface area contributed by atoms with Gasteiger partial charge in [-0.25, -0.2) is 0 Å². The van der Waals surface area contributed by atoms with Crippen LogP contribution in [0.4, 0.5) is 5.95 Å². The lowest BCUT2D eigenvalue weighted by atomic mass is 10.2. The molecule has 90 valence electrons. The Balaban J connectivity index is 2.07. The number of aliphatic hydroxyl groups excluding tert-OH is 1. The van der Waals surface area contributed by atoms with E-state index < -0.39 is 0 Å². The third-order valence-corrected chi connectivity index (χ3v) is 2.88. The minimum absolute atomic E-state index is 0.00758. The molecule has 1 aliphatic heterocycles. The molecule has 2 atom stereocenters. The van der Waals surface area contributed by atoms with Gasteiger partial charge in [0.1, 0.15) is 0 Å². The molecule has 0 amide bonds. The maximum atomic E-state index is 9.41. The molecule has 2 heterocycles. The summed E-state index contributed by atoms with van der Waals surface area (Å²) in [5, 5.41) is 16.5. The number of anilines is 1. The van der Waals surface area contributed by atoms with Crippen LogP contribution in [0.3, 0.4) is 0 Å². The lowest BCUT2D eigenvalue weighted by Gasteiger charge is -2.14. The first-order valence-electron chi connectivity index (χ1n) is 5.74. The molecule has 2 N–H and O–H groups in total. The molecule has 1 aromatic rings. The summed E-state index contributed by atoms with van der Waals surface area (Å²) in [6.07, 6.45) is 0.327. The summed E-state index contributed by atoms with van der Waals surface area (Å²) < 4.78 is 5.21. The summed E-state index contributed by atoms with van der Waals surface area (Å²) in [7, 11) is 0. The summed E-state index contributed by atoms with van der Waals surface area (Å²) in [6, 6.07) is -0.00758. The molecule has 0 aliphatic carbocycles. The van der Waals surface area contributed by atoms with Crippen LogP contribution in [-0.4, -0.2) is 41.0 Å². The SMILES string of the molecule is CCN(CC)c1noc([C@H]2C[C@@H](O)CN2)n1. The van der Waals surface area contributed by atoms with Crippen molar-refractivity contribution in [3.63, 3.8) is 0 Å². The zero-order chi connectivity index (χ0) is 11.5. The van der Waals surface area contributed by atoms with E-state index in [2.05, 4.69) is 29.3 Å². The largest absolute Gasteiger partial charge is 0.392 e. The number of hydrogen-bond acceptors (Lipinski definition) is 6. The molecule has 0 saturated carbocycles. The predicted octanol–water partition coefficient (Wildman–Crippen LogP) is 0.311. The molecular weight excluding hydrogens is 208 g/mol. The molecule has 6 heteroatoms. The first-order valence-corrected chi connectivity index (χ1v) is 5.74. The standard InChI is InChI=1S/C10H18N4O2/c1-3-14(4-2)10-12-9(16-13-10)8-5-7(15)6-11-8/h7-8,11,15H,3-6H2,1-2H3/t7-,8-/m1/s1. The molecule has 1 fully saturated rings. The van der Waals surface area contributed by atoms with Gasteiger partial charge in [-0.1, -0.05) is 0 Å². The smallest absolute Gasteiger partial charge is 0.266 e. The van der Waals surface area contributed by atoms with Gasteiger partial charge in [-0.3, -0.25) is 0 Å². The topological polar surface area (TPSA) is 74.4 Å². The van der Waals surface area contributed by atoms with Crippen molar-refractivity contribution in [2.45, 2.75) is 32.4 Å². The van der Waals surface area contributed by atoms with Gasteiger partial charge in [0.2, 0.25) is 5.89 Å². The van der Waals surface area contributed by atoms with Crippen molar-refractivity contribution in [3.05, 3.63) is 5.89 Å². The molecular formula is C10H18N4O2. The van der Waals surface area contributed by atoms with Crippen LogP contribution in [0.25, 0.3) is 0 Å². The molecule has 0 unspecified atom stereocenters. The fourth-order valence-corrected chi connectivity index (χ4v) is 1.91. The number of nitrogens with one attached hydrogen (secondary N) is 1. The van der Waals surface area contributed by atoms with Gasteiger partial charge in [0.05, 0.1) is 12.1 Å². The van der Waals surface area contributed by atoms with Crippen molar-refractivity contribution in [1.29, 1.82) is 0 Å². The molecule has 2 rings (SSSR count). The number of rotatable bonds is 4. The Labute approximate surface area is 94.6 Å². The summed E-state index contributed by atoms with van der Waals surface area (Å²) in [5.41, 5.74) is 0. The van der Waals surface area contributed by atoms with Crippen LogP contribution in [-0.2, 0) is 0 Å². The molecule has 1 saturated heterocycles. The average molecular weight is 226 g/mol. The van der Waals surface area contributed by atoms with Crippen LogP contribution in [0.15, 0.2) is 4.52 Å². The Bertz CT molecular complexity index is 337. The van der Waals surface area contributed by atoms with E-state index in [0.717, 1.165) is 13.1 Å². The maximum Gasteiger partial charge on any atom is 0.266 e. The van der Waals surface area contributed by atoms with Crippen molar-refractivity contribution in [1.82, 2.24) is 15.5 Å². The number of aliphatic hydroxyl groups is 1.